The second kappa shape index (κ2) is 8.69. The summed E-state index contributed by atoms with van der Waals surface area (Å²) in [4.78, 5) is 31.2. The summed E-state index contributed by atoms with van der Waals surface area (Å²) in [6.07, 6.45) is -15.5. The molecule has 1 aliphatic rings. The highest BCUT2D eigenvalue weighted by Crippen LogP contribution is 2.24. The summed E-state index contributed by atoms with van der Waals surface area (Å²) in [6, 6.07) is 7.25. The molecule has 162 valence electrons. The van der Waals surface area contributed by atoms with E-state index in [1.54, 1.807) is 12.1 Å². The Kier molecular flexibility index (Phi) is 7.27. The number of halogens is 9. The molecule has 14 heteroatoms. The Bertz CT molecular complexity index is 744. The highest BCUT2D eigenvalue weighted by Gasteiger charge is 2.49. The monoisotopic (exact) mass is 439 g/mol. The number of hydrogen-bond donors (Lipinski definition) is 0. The standard InChI is InChI=1S/C11H10F3NO.C4F6O3/c12-11(13,14)10(16)15-6-5-8-3-1-2-4-9(8)7-15;5-3(6,7)1(11)13-2(12)4(8,9)10/h1-4H,5-7H2;. The molecule has 5 nitrogen and oxygen atoms in total. The SMILES string of the molecule is O=C(N1CCc2ccccc2C1)C(F)(F)F.O=C(OC(=O)C(F)(F)F)C(F)(F)F. The van der Waals surface area contributed by atoms with Crippen molar-refractivity contribution in [2.45, 2.75) is 31.5 Å². The lowest BCUT2D eigenvalue weighted by molar-refractivity contribution is -0.221. The highest BCUT2D eigenvalue weighted by molar-refractivity contribution is 5.90. The Morgan fingerprint density at radius 2 is 1.21 bits per heavy atom. The van der Waals surface area contributed by atoms with Crippen LogP contribution in [0, 0.1) is 0 Å². The van der Waals surface area contributed by atoms with Gasteiger partial charge in [0.1, 0.15) is 0 Å². The lowest BCUT2D eigenvalue weighted by Gasteiger charge is -2.29. The second-order valence-electron chi connectivity index (χ2n) is 5.42. The molecule has 0 bridgehead atoms. The van der Waals surface area contributed by atoms with Crippen molar-refractivity contribution >= 4 is 17.8 Å². The smallest absolute Gasteiger partial charge is 0.380 e. The fraction of sp³-hybridized carbons (Fsp3) is 0.400. The van der Waals surface area contributed by atoms with Gasteiger partial charge in [-0.2, -0.15) is 39.5 Å². The van der Waals surface area contributed by atoms with Crippen LogP contribution in [-0.4, -0.2) is 47.8 Å². The van der Waals surface area contributed by atoms with E-state index in [2.05, 4.69) is 4.74 Å². The van der Waals surface area contributed by atoms with Gasteiger partial charge in [0.25, 0.3) is 0 Å². The molecule has 0 saturated carbocycles. The number of benzene rings is 1. The molecule has 0 atom stereocenters. The minimum Gasteiger partial charge on any atom is -0.380 e. The fourth-order valence-corrected chi connectivity index (χ4v) is 2.05. The zero-order chi connectivity index (χ0) is 22.6. The molecule has 1 aromatic rings. The zero-order valence-corrected chi connectivity index (χ0v) is 13.9. The van der Waals surface area contributed by atoms with E-state index in [9.17, 15) is 53.9 Å². The van der Waals surface area contributed by atoms with E-state index >= 15 is 0 Å². The first kappa shape index (κ1) is 24.2. The first-order chi connectivity index (χ1) is 13.0. The van der Waals surface area contributed by atoms with Gasteiger partial charge in [0.05, 0.1) is 0 Å². The van der Waals surface area contributed by atoms with Crippen LogP contribution in [0.1, 0.15) is 11.1 Å². The number of carbonyl (C=O) groups excluding carboxylic acids is 3. The van der Waals surface area contributed by atoms with Gasteiger partial charge in [-0.15, -0.1) is 0 Å². The number of alkyl halides is 9. The number of ether oxygens (including phenoxy) is 1. The maximum absolute atomic E-state index is 12.2. The fourth-order valence-electron chi connectivity index (χ4n) is 2.05. The van der Waals surface area contributed by atoms with E-state index in [1.807, 2.05) is 12.1 Å². The molecule has 0 aliphatic carbocycles. The van der Waals surface area contributed by atoms with Gasteiger partial charge in [0.15, 0.2) is 0 Å². The molecule has 1 aromatic carbocycles. The maximum atomic E-state index is 12.2. The maximum Gasteiger partial charge on any atom is 0.491 e. The van der Waals surface area contributed by atoms with E-state index < -0.39 is 36.4 Å². The Balaban J connectivity index is 0.000000298. The molecule has 0 fully saturated rings. The van der Waals surface area contributed by atoms with Crippen LogP contribution in [0.2, 0.25) is 0 Å². The normalized spacial score (nSPS) is 14.3. The Labute approximate surface area is 156 Å². The Hall–Kier alpha value is -2.80. The van der Waals surface area contributed by atoms with Crippen molar-refractivity contribution in [3.63, 3.8) is 0 Å². The number of rotatable bonds is 0. The molecule has 2 rings (SSSR count). The van der Waals surface area contributed by atoms with E-state index in [1.165, 1.54) is 0 Å². The molecule has 0 radical (unpaired) electrons. The van der Waals surface area contributed by atoms with Gasteiger partial charge >= 0.3 is 36.4 Å². The molecule has 1 aliphatic heterocycles. The predicted octanol–water partition coefficient (Wildman–Crippen LogP) is 3.31. The molecule has 0 unspecified atom stereocenters. The predicted molar refractivity (Wildman–Crippen MR) is 74.8 cm³/mol. The van der Waals surface area contributed by atoms with Gasteiger partial charge in [-0.1, -0.05) is 24.3 Å². The largest absolute Gasteiger partial charge is 0.491 e. The summed E-state index contributed by atoms with van der Waals surface area (Å²) in [7, 11) is 0. The van der Waals surface area contributed by atoms with E-state index in [0.29, 0.717) is 6.42 Å². The molecule has 0 N–H and O–H groups in total. The van der Waals surface area contributed by atoms with E-state index in [-0.39, 0.29) is 13.1 Å². The van der Waals surface area contributed by atoms with Crippen molar-refractivity contribution in [3.05, 3.63) is 35.4 Å². The first-order valence-corrected chi connectivity index (χ1v) is 7.36. The van der Waals surface area contributed by atoms with Crippen LogP contribution < -0.4 is 0 Å². The lowest BCUT2D eigenvalue weighted by Crippen LogP contribution is -2.43. The van der Waals surface area contributed by atoms with Crippen LogP contribution >= 0.6 is 0 Å². The van der Waals surface area contributed by atoms with E-state index in [0.717, 1.165) is 16.0 Å². The topological polar surface area (TPSA) is 63.7 Å². The average molecular weight is 439 g/mol. The van der Waals surface area contributed by atoms with Crippen LogP contribution in [0.3, 0.4) is 0 Å². The summed E-state index contributed by atoms with van der Waals surface area (Å²) in [5, 5.41) is 0. The van der Waals surface area contributed by atoms with Crippen molar-refractivity contribution in [3.8, 4) is 0 Å². The van der Waals surface area contributed by atoms with Crippen LogP contribution in [-0.2, 0) is 32.1 Å². The van der Waals surface area contributed by atoms with Crippen molar-refractivity contribution in [2.75, 3.05) is 6.54 Å². The lowest BCUT2D eigenvalue weighted by atomic mass is 10.00. The van der Waals surface area contributed by atoms with Crippen LogP contribution in [0.25, 0.3) is 0 Å². The Morgan fingerprint density at radius 3 is 1.62 bits per heavy atom. The minimum atomic E-state index is -5.62. The van der Waals surface area contributed by atoms with Gasteiger partial charge in [0, 0.05) is 13.1 Å². The van der Waals surface area contributed by atoms with Crippen molar-refractivity contribution in [2.24, 2.45) is 0 Å². The summed E-state index contributed by atoms with van der Waals surface area (Å²) in [5.41, 5.74) is 1.82. The van der Waals surface area contributed by atoms with Crippen molar-refractivity contribution in [1.29, 1.82) is 0 Å². The number of amides is 1. The van der Waals surface area contributed by atoms with Crippen molar-refractivity contribution < 1.29 is 58.6 Å². The van der Waals surface area contributed by atoms with Gasteiger partial charge in [-0.25, -0.2) is 9.59 Å². The third-order valence-corrected chi connectivity index (χ3v) is 3.31. The highest BCUT2D eigenvalue weighted by atomic mass is 19.4. The molecule has 1 heterocycles. The van der Waals surface area contributed by atoms with Gasteiger partial charge in [-0.05, 0) is 17.5 Å². The summed E-state index contributed by atoms with van der Waals surface area (Å²) < 4.78 is 106. The van der Waals surface area contributed by atoms with Crippen LogP contribution in [0.15, 0.2) is 24.3 Å². The second-order valence-corrected chi connectivity index (χ2v) is 5.42. The number of carbonyl (C=O) groups is 3. The summed E-state index contributed by atoms with van der Waals surface area (Å²) in [5.74, 6) is -8.15. The van der Waals surface area contributed by atoms with Crippen LogP contribution in [0.4, 0.5) is 39.5 Å². The molecule has 0 saturated heterocycles. The van der Waals surface area contributed by atoms with Gasteiger partial charge < -0.3 is 9.64 Å². The quantitative estimate of drug-likeness (QED) is 0.354. The third-order valence-electron chi connectivity index (χ3n) is 3.31. The third kappa shape index (κ3) is 7.27. The average Bonchev–Trinajstić information content (AvgIpc) is 2.58. The summed E-state index contributed by atoms with van der Waals surface area (Å²) >= 11 is 0. The first-order valence-electron chi connectivity index (χ1n) is 7.36. The minimum absolute atomic E-state index is 0.0501. The molecule has 0 aromatic heterocycles. The van der Waals surface area contributed by atoms with Crippen LogP contribution in [0.5, 0.6) is 0 Å². The zero-order valence-electron chi connectivity index (χ0n) is 13.9. The number of nitrogens with zero attached hydrogens (tertiary/aromatic N) is 1. The molecule has 0 spiro atoms. The molecular formula is C15H10F9NO4. The molecular weight excluding hydrogens is 429 g/mol. The van der Waals surface area contributed by atoms with E-state index in [4.69, 9.17) is 0 Å². The Morgan fingerprint density at radius 1 is 0.759 bits per heavy atom. The molecule has 1 amide bonds. The summed E-state index contributed by atoms with van der Waals surface area (Å²) in [6.45, 7) is 0.184. The van der Waals surface area contributed by atoms with Gasteiger partial charge in [-0.3, -0.25) is 4.79 Å². The molecule has 29 heavy (non-hydrogen) atoms. The number of esters is 2. The van der Waals surface area contributed by atoms with Gasteiger partial charge in [0.2, 0.25) is 0 Å². The number of hydrogen-bond acceptors (Lipinski definition) is 4. The van der Waals surface area contributed by atoms with Crippen molar-refractivity contribution in [1.82, 2.24) is 4.90 Å². The number of fused-ring (bicyclic) bond motifs is 1.